The van der Waals surface area contributed by atoms with Crippen LogP contribution >= 0.6 is 0 Å². The van der Waals surface area contributed by atoms with Gasteiger partial charge in [-0.3, -0.25) is 0 Å². The number of carbonyl (C=O) groups excluding carboxylic acids is 1. The third kappa shape index (κ3) is 7.25. The van der Waals surface area contributed by atoms with Gasteiger partial charge in [0.15, 0.2) is 0 Å². The molecule has 0 aromatic heterocycles. The van der Waals surface area contributed by atoms with Crippen molar-refractivity contribution in [2.45, 2.75) is 32.3 Å². The highest BCUT2D eigenvalue weighted by Gasteiger charge is 2.19. The van der Waals surface area contributed by atoms with Crippen molar-refractivity contribution < 1.29 is 23.7 Å². The second kappa shape index (κ2) is 11.2. The second-order valence-electron chi connectivity index (χ2n) is 6.03. The maximum absolute atomic E-state index is 12.0. The third-order valence-electron chi connectivity index (χ3n) is 3.97. The van der Waals surface area contributed by atoms with Gasteiger partial charge in [0.05, 0.1) is 26.4 Å². The highest BCUT2D eigenvalue weighted by Crippen LogP contribution is 2.13. The summed E-state index contributed by atoms with van der Waals surface area (Å²) in [5.41, 5.74) is 2.00. The molecule has 0 saturated carbocycles. The van der Waals surface area contributed by atoms with Gasteiger partial charge in [0.25, 0.3) is 0 Å². The monoisotopic (exact) mass is 370 g/mol. The molecule has 0 unspecified atom stereocenters. The Morgan fingerprint density at radius 1 is 1.04 bits per heavy atom. The van der Waals surface area contributed by atoms with Crippen LogP contribution in [0.5, 0.6) is 5.75 Å². The first kappa shape index (κ1) is 20.7. The van der Waals surface area contributed by atoms with E-state index < -0.39 is 12.1 Å². The van der Waals surface area contributed by atoms with Crippen LogP contribution in [0.1, 0.15) is 18.1 Å². The molecule has 0 N–H and O–H groups in total. The average molecular weight is 370 g/mol. The molecule has 2 aromatic rings. The zero-order chi connectivity index (χ0) is 19.5. The molecule has 0 aliphatic carbocycles. The maximum Gasteiger partial charge on any atom is 0.332 e. The Morgan fingerprint density at radius 2 is 1.70 bits per heavy atom. The van der Waals surface area contributed by atoms with Crippen LogP contribution < -0.4 is 4.74 Å². The number of methoxy groups -OCH3 is 1. The Morgan fingerprint density at radius 3 is 2.33 bits per heavy atom. The summed E-state index contributed by atoms with van der Waals surface area (Å²) in [6.45, 7) is 6.20. The van der Waals surface area contributed by atoms with Gasteiger partial charge in [-0.2, -0.15) is 0 Å². The summed E-state index contributed by atoms with van der Waals surface area (Å²) in [4.78, 5) is 12.0. The van der Waals surface area contributed by atoms with E-state index in [4.69, 9.17) is 18.9 Å². The van der Waals surface area contributed by atoms with E-state index >= 15 is 0 Å². The highest BCUT2D eigenvalue weighted by molar-refractivity contribution is 5.71. The van der Waals surface area contributed by atoms with E-state index in [0.717, 1.165) is 16.9 Å². The average Bonchev–Trinajstić information content (AvgIpc) is 2.71. The fourth-order valence-corrected chi connectivity index (χ4v) is 2.39. The molecule has 0 aliphatic rings. The molecular formula is C22H26O5. The van der Waals surface area contributed by atoms with Gasteiger partial charge in [-0.1, -0.05) is 49.0 Å². The van der Waals surface area contributed by atoms with E-state index in [1.807, 2.05) is 61.5 Å². The van der Waals surface area contributed by atoms with Crippen molar-refractivity contribution in [1.29, 1.82) is 0 Å². The molecule has 2 rings (SSSR count). The lowest BCUT2D eigenvalue weighted by molar-refractivity contribution is -0.159. The Hall–Kier alpha value is -2.63. The zero-order valence-electron chi connectivity index (χ0n) is 15.8. The molecule has 5 heteroatoms. The van der Waals surface area contributed by atoms with E-state index in [1.165, 1.54) is 0 Å². The van der Waals surface area contributed by atoms with Gasteiger partial charge in [-0.15, -0.1) is 0 Å². The number of esters is 1. The van der Waals surface area contributed by atoms with E-state index in [0.29, 0.717) is 13.2 Å². The summed E-state index contributed by atoms with van der Waals surface area (Å²) < 4.78 is 21.7. The molecule has 0 aliphatic heterocycles. The first-order chi connectivity index (χ1) is 13.1. The molecular weight excluding hydrogens is 344 g/mol. The lowest BCUT2D eigenvalue weighted by Crippen LogP contribution is -2.31. The minimum absolute atomic E-state index is 0.137. The van der Waals surface area contributed by atoms with Gasteiger partial charge in [-0.25, -0.2) is 4.79 Å². The van der Waals surface area contributed by atoms with Gasteiger partial charge in [0.2, 0.25) is 0 Å². The fourth-order valence-electron chi connectivity index (χ4n) is 2.39. The Labute approximate surface area is 160 Å². The lowest BCUT2D eigenvalue weighted by Gasteiger charge is -2.21. The van der Waals surface area contributed by atoms with Crippen LogP contribution in [0.3, 0.4) is 0 Å². The van der Waals surface area contributed by atoms with E-state index in [9.17, 15) is 4.79 Å². The van der Waals surface area contributed by atoms with Crippen molar-refractivity contribution in [3.63, 3.8) is 0 Å². The number of rotatable bonds is 11. The number of hydrogen-bond acceptors (Lipinski definition) is 5. The van der Waals surface area contributed by atoms with E-state index in [2.05, 4.69) is 6.58 Å². The first-order valence-corrected chi connectivity index (χ1v) is 8.80. The van der Waals surface area contributed by atoms with Gasteiger partial charge in [0.1, 0.15) is 18.5 Å². The topological polar surface area (TPSA) is 54.0 Å². The largest absolute Gasteiger partial charge is 0.497 e. The minimum Gasteiger partial charge on any atom is -0.497 e. The Kier molecular flexibility index (Phi) is 8.55. The molecule has 2 atom stereocenters. The van der Waals surface area contributed by atoms with Crippen molar-refractivity contribution >= 4 is 5.97 Å². The third-order valence-corrected chi connectivity index (χ3v) is 3.97. The van der Waals surface area contributed by atoms with Crippen LogP contribution in [0.2, 0.25) is 0 Å². The van der Waals surface area contributed by atoms with Crippen molar-refractivity contribution in [1.82, 2.24) is 0 Å². The Balaban J connectivity index is 1.72. The van der Waals surface area contributed by atoms with Crippen molar-refractivity contribution in [2.24, 2.45) is 0 Å². The van der Waals surface area contributed by atoms with Crippen LogP contribution in [0.15, 0.2) is 67.3 Å². The number of hydrogen-bond donors (Lipinski definition) is 0. The second-order valence-corrected chi connectivity index (χ2v) is 6.03. The van der Waals surface area contributed by atoms with Crippen LogP contribution in [-0.4, -0.2) is 31.9 Å². The Bertz CT molecular complexity index is 696. The predicted molar refractivity (Wildman–Crippen MR) is 103 cm³/mol. The summed E-state index contributed by atoms with van der Waals surface area (Å²) in [5.74, 6) is 0.319. The summed E-state index contributed by atoms with van der Waals surface area (Å²) in [7, 11) is 1.61. The zero-order valence-corrected chi connectivity index (χ0v) is 15.8. The summed E-state index contributed by atoms with van der Waals surface area (Å²) in [5, 5.41) is 0. The first-order valence-electron chi connectivity index (χ1n) is 8.80. The van der Waals surface area contributed by atoms with Crippen LogP contribution in [0.4, 0.5) is 0 Å². The van der Waals surface area contributed by atoms with Crippen molar-refractivity contribution in [2.75, 3.05) is 13.7 Å². The van der Waals surface area contributed by atoms with Crippen LogP contribution in [-0.2, 0) is 32.2 Å². The fraction of sp³-hybridized carbons (Fsp3) is 0.318. The summed E-state index contributed by atoms with van der Waals surface area (Å²) >= 11 is 0. The lowest BCUT2D eigenvalue weighted by atomic mass is 10.2. The van der Waals surface area contributed by atoms with Gasteiger partial charge >= 0.3 is 5.97 Å². The molecule has 0 bridgehead atoms. The summed E-state index contributed by atoms with van der Waals surface area (Å²) in [6.07, 6.45) is 0.718. The number of benzene rings is 2. The number of carbonyl (C=O) groups is 1. The van der Waals surface area contributed by atoms with Crippen molar-refractivity contribution in [3.8, 4) is 5.75 Å². The van der Waals surface area contributed by atoms with Crippen LogP contribution in [0, 0.1) is 0 Å². The van der Waals surface area contributed by atoms with Gasteiger partial charge in [0, 0.05) is 0 Å². The molecule has 0 heterocycles. The molecule has 5 nitrogen and oxygen atoms in total. The SMILES string of the molecule is C=C[C@H](OC(=O)COCc1ccc(OC)cc1)[C@H](C)OCc1ccccc1. The van der Waals surface area contributed by atoms with E-state index in [1.54, 1.807) is 13.2 Å². The molecule has 144 valence electrons. The summed E-state index contributed by atoms with van der Waals surface area (Å²) in [6, 6.07) is 17.3. The molecule has 0 radical (unpaired) electrons. The number of ether oxygens (including phenoxy) is 4. The highest BCUT2D eigenvalue weighted by atomic mass is 16.6. The van der Waals surface area contributed by atoms with E-state index in [-0.39, 0.29) is 12.7 Å². The molecule has 0 amide bonds. The molecule has 0 spiro atoms. The standard InChI is InChI=1S/C22H26O5/c1-4-21(17(2)26-15-18-8-6-5-7-9-18)27-22(23)16-25-14-19-10-12-20(24-3)13-11-19/h4-13,17,21H,1,14-16H2,2-3H3/t17-,21-/m0/s1. The quantitative estimate of drug-likeness (QED) is 0.443. The predicted octanol–water partition coefficient (Wildman–Crippen LogP) is 3.91. The minimum atomic E-state index is -0.536. The van der Waals surface area contributed by atoms with Gasteiger partial charge in [-0.05, 0) is 36.3 Å². The normalized spacial score (nSPS) is 12.8. The molecule has 0 fully saturated rings. The maximum atomic E-state index is 12.0. The van der Waals surface area contributed by atoms with Crippen LogP contribution in [0.25, 0.3) is 0 Å². The van der Waals surface area contributed by atoms with Gasteiger partial charge < -0.3 is 18.9 Å². The molecule has 0 saturated heterocycles. The molecule has 2 aromatic carbocycles. The van der Waals surface area contributed by atoms with Crippen molar-refractivity contribution in [3.05, 3.63) is 78.4 Å². The smallest absolute Gasteiger partial charge is 0.332 e. The molecule has 27 heavy (non-hydrogen) atoms.